The molecule has 0 spiro atoms. The molecule has 4 heteroatoms. The quantitative estimate of drug-likeness (QED) is 0.814. The molecule has 0 heterocycles. The largest absolute Gasteiger partial charge is 0.479 e. The minimum atomic E-state index is -1.04. The Morgan fingerprint density at radius 1 is 1.60 bits per heavy atom. The second-order valence-electron chi connectivity index (χ2n) is 3.14. The van der Waals surface area contributed by atoms with Gasteiger partial charge in [0.05, 0.1) is 11.6 Å². The third-order valence-corrected chi connectivity index (χ3v) is 2.13. The fraction of sp³-hybridized carbons (Fsp3) is 0.273. The molecule has 1 N–H and O–H groups in total. The molecule has 0 fully saturated rings. The Morgan fingerprint density at radius 2 is 2.27 bits per heavy atom. The summed E-state index contributed by atoms with van der Waals surface area (Å²) in [4.78, 5) is 10.8. The summed E-state index contributed by atoms with van der Waals surface area (Å²) >= 11 is 0. The molecule has 0 aliphatic rings. The maximum absolute atomic E-state index is 10.8. The fourth-order valence-electron chi connectivity index (χ4n) is 1.35. The summed E-state index contributed by atoms with van der Waals surface area (Å²) in [5.74, 6) is -1.04. The molecule has 78 valence electrons. The Morgan fingerprint density at radius 3 is 2.67 bits per heavy atom. The summed E-state index contributed by atoms with van der Waals surface area (Å²) in [5.41, 5.74) is 1.83. The first-order valence-electron chi connectivity index (χ1n) is 4.36. The van der Waals surface area contributed by atoms with Crippen molar-refractivity contribution < 1.29 is 14.6 Å². The van der Waals surface area contributed by atoms with Gasteiger partial charge in [-0.1, -0.05) is 12.1 Å². The van der Waals surface area contributed by atoms with Crippen LogP contribution in [-0.4, -0.2) is 18.2 Å². The highest BCUT2D eigenvalue weighted by Gasteiger charge is 2.19. The Labute approximate surface area is 87.7 Å². The second kappa shape index (κ2) is 4.58. The van der Waals surface area contributed by atoms with Gasteiger partial charge in [0.1, 0.15) is 0 Å². The van der Waals surface area contributed by atoms with Crippen LogP contribution in [0.15, 0.2) is 18.2 Å². The highest BCUT2D eigenvalue weighted by Crippen LogP contribution is 2.19. The number of aryl methyl sites for hydroxylation is 1. The molecule has 4 nitrogen and oxygen atoms in total. The van der Waals surface area contributed by atoms with Crippen molar-refractivity contribution in [3.63, 3.8) is 0 Å². The number of carbonyl (C=O) groups is 1. The Balaban J connectivity index is 3.12. The zero-order valence-corrected chi connectivity index (χ0v) is 8.52. The van der Waals surface area contributed by atoms with Gasteiger partial charge in [-0.3, -0.25) is 0 Å². The molecule has 0 radical (unpaired) electrons. The topological polar surface area (TPSA) is 70.3 Å². The number of hydrogen-bond donors (Lipinski definition) is 1. The molecule has 15 heavy (non-hydrogen) atoms. The van der Waals surface area contributed by atoms with Gasteiger partial charge in [0.2, 0.25) is 0 Å². The van der Waals surface area contributed by atoms with E-state index in [0.717, 1.165) is 5.56 Å². The average Bonchev–Trinajstić information content (AvgIpc) is 2.18. The van der Waals surface area contributed by atoms with Crippen LogP contribution in [0.4, 0.5) is 0 Å². The van der Waals surface area contributed by atoms with Crippen molar-refractivity contribution in [1.29, 1.82) is 5.26 Å². The minimum Gasteiger partial charge on any atom is -0.479 e. The lowest BCUT2D eigenvalue weighted by Gasteiger charge is -2.11. The number of ether oxygens (including phenoxy) is 1. The number of carboxylic acids is 1. The van der Waals surface area contributed by atoms with Crippen molar-refractivity contribution >= 4 is 5.97 Å². The molecular formula is C11H11NO3. The Bertz CT molecular complexity index is 420. The van der Waals surface area contributed by atoms with E-state index >= 15 is 0 Å². The van der Waals surface area contributed by atoms with E-state index in [1.807, 2.05) is 6.07 Å². The van der Waals surface area contributed by atoms with Crippen molar-refractivity contribution in [1.82, 2.24) is 0 Å². The molecule has 1 aromatic carbocycles. The van der Waals surface area contributed by atoms with Crippen LogP contribution < -0.4 is 0 Å². The van der Waals surface area contributed by atoms with Crippen LogP contribution >= 0.6 is 0 Å². The predicted molar refractivity (Wildman–Crippen MR) is 53.3 cm³/mol. The summed E-state index contributed by atoms with van der Waals surface area (Å²) in [6.07, 6.45) is -0.976. The summed E-state index contributed by atoms with van der Waals surface area (Å²) in [6, 6.07) is 6.86. The molecule has 0 bridgehead atoms. The van der Waals surface area contributed by atoms with E-state index in [1.165, 1.54) is 7.11 Å². The summed E-state index contributed by atoms with van der Waals surface area (Å²) in [5, 5.41) is 17.6. The number of nitrogens with zero attached hydrogens (tertiary/aromatic N) is 1. The number of methoxy groups -OCH3 is 1. The first-order valence-corrected chi connectivity index (χ1v) is 4.36. The van der Waals surface area contributed by atoms with Crippen LogP contribution in [0.2, 0.25) is 0 Å². The molecule has 0 aliphatic carbocycles. The van der Waals surface area contributed by atoms with Crippen LogP contribution in [0.5, 0.6) is 0 Å². The number of rotatable bonds is 3. The van der Waals surface area contributed by atoms with Crippen LogP contribution in [0.25, 0.3) is 0 Å². The molecule has 1 aromatic rings. The summed E-state index contributed by atoms with van der Waals surface area (Å²) in [7, 11) is 1.34. The van der Waals surface area contributed by atoms with E-state index in [4.69, 9.17) is 15.1 Å². The molecule has 0 amide bonds. The van der Waals surface area contributed by atoms with E-state index in [0.29, 0.717) is 11.1 Å². The molecular weight excluding hydrogens is 194 g/mol. The smallest absolute Gasteiger partial charge is 0.337 e. The molecule has 0 aliphatic heterocycles. The van der Waals surface area contributed by atoms with E-state index in [-0.39, 0.29) is 0 Å². The Hall–Kier alpha value is -1.86. The van der Waals surface area contributed by atoms with Gasteiger partial charge in [-0.15, -0.1) is 0 Å². The zero-order valence-electron chi connectivity index (χ0n) is 8.52. The number of carboxylic acid groups (broad SMARTS) is 1. The van der Waals surface area contributed by atoms with Gasteiger partial charge in [-0.2, -0.15) is 5.26 Å². The van der Waals surface area contributed by atoms with Crippen LogP contribution in [-0.2, 0) is 9.53 Å². The molecule has 1 atom stereocenters. The van der Waals surface area contributed by atoms with Crippen LogP contribution in [0, 0.1) is 18.3 Å². The lowest BCUT2D eigenvalue weighted by Crippen LogP contribution is -2.13. The van der Waals surface area contributed by atoms with E-state index in [2.05, 4.69) is 0 Å². The molecule has 0 aromatic heterocycles. The van der Waals surface area contributed by atoms with Crippen molar-refractivity contribution in [3.8, 4) is 6.07 Å². The maximum atomic E-state index is 10.8. The first kappa shape index (κ1) is 11.2. The minimum absolute atomic E-state index is 0.541. The lowest BCUT2D eigenvalue weighted by atomic mass is 10.0. The normalized spacial score (nSPS) is 11.8. The lowest BCUT2D eigenvalue weighted by molar-refractivity contribution is -0.148. The predicted octanol–water partition coefficient (Wildman–Crippen LogP) is 1.64. The highest BCUT2D eigenvalue weighted by molar-refractivity contribution is 5.74. The Kier molecular flexibility index (Phi) is 3.42. The van der Waals surface area contributed by atoms with Crippen molar-refractivity contribution in [2.45, 2.75) is 13.0 Å². The van der Waals surface area contributed by atoms with Crippen molar-refractivity contribution in [2.75, 3.05) is 7.11 Å². The van der Waals surface area contributed by atoms with Gasteiger partial charge >= 0.3 is 5.97 Å². The number of benzene rings is 1. The van der Waals surface area contributed by atoms with E-state index < -0.39 is 12.1 Å². The summed E-state index contributed by atoms with van der Waals surface area (Å²) < 4.78 is 4.84. The molecule has 0 saturated carbocycles. The van der Waals surface area contributed by atoms with E-state index in [1.54, 1.807) is 25.1 Å². The molecule has 1 rings (SSSR count). The monoisotopic (exact) mass is 205 g/mol. The first-order chi connectivity index (χ1) is 7.10. The highest BCUT2D eigenvalue weighted by atomic mass is 16.5. The van der Waals surface area contributed by atoms with Crippen LogP contribution in [0.1, 0.15) is 22.8 Å². The third kappa shape index (κ3) is 2.33. The molecule has 0 saturated heterocycles. The van der Waals surface area contributed by atoms with Crippen molar-refractivity contribution in [3.05, 3.63) is 34.9 Å². The second-order valence-corrected chi connectivity index (χ2v) is 3.14. The number of nitriles is 1. The van der Waals surface area contributed by atoms with Gasteiger partial charge in [0.15, 0.2) is 6.10 Å². The van der Waals surface area contributed by atoms with Crippen molar-refractivity contribution in [2.24, 2.45) is 0 Å². The van der Waals surface area contributed by atoms with E-state index in [9.17, 15) is 4.79 Å². The number of hydrogen-bond acceptors (Lipinski definition) is 3. The standard InChI is InChI=1S/C11H11NO3/c1-7-5-8(3-4-9(7)6-12)10(15-2)11(13)14/h3-5,10H,1-2H3,(H,13,14). The maximum Gasteiger partial charge on any atom is 0.337 e. The third-order valence-electron chi connectivity index (χ3n) is 2.13. The average molecular weight is 205 g/mol. The van der Waals surface area contributed by atoms with Gasteiger partial charge in [-0.05, 0) is 24.1 Å². The van der Waals surface area contributed by atoms with Crippen LogP contribution in [0.3, 0.4) is 0 Å². The zero-order chi connectivity index (χ0) is 11.4. The van der Waals surface area contributed by atoms with Gasteiger partial charge in [-0.25, -0.2) is 4.79 Å². The number of aliphatic carboxylic acids is 1. The van der Waals surface area contributed by atoms with Gasteiger partial charge in [0, 0.05) is 7.11 Å². The van der Waals surface area contributed by atoms with Gasteiger partial charge < -0.3 is 9.84 Å². The fourth-order valence-corrected chi connectivity index (χ4v) is 1.35. The SMILES string of the molecule is COC(C(=O)O)c1ccc(C#N)c(C)c1. The van der Waals surface area contributed by atoms with Gasteiger partial charge in [0.25, 0.3) is 0 Å². The molecule has 1 unspecified atom stereocenters. The summed E-state index contributed by atoms with van der Waals surface area (Å²) in [6.45, 7) is 1.76.